The Balaban J connectivity index is 1.26. The second-order valence-corrected chi connectivity index (χ2v) is 9.81. The van der Waals surface area contributed by atoms with Crippen LogP contribution in [0.25, 0.3) is 10.6 Å². The van der Waals surface area contributed by atoms with Crippen LogP contribution in [-0.2, 0) is 18.9 Å². The Kier molecular flexibility index (Phi) is 6.96. The molecule has 0 atom stereocenters. The minimum atomic E-state index is 0.216. The topological polar surface area (TPSA) is 71.3 Å². The predicted molar refractivity (Wildman–Crippen MR) is 134 cm³/mol. The van der Waals surface area contributed by atoms with E-state index in [4.69, 9.17) is 42.4 Å². The molecule has 0 N–H and O–H groups in total. The molecule has 0 spiro atoms. The third kappa shape index (κ3) is 5.02. The van der Waals surface area contributed by atoms with Gasteiger partial charge in [0.2, 0.25) is 6.79 Å². The first-order chi connectivity index (χ1) is 16.6. The second-order valence-electron chi connectivity index (χ2n) is 7.16. The summed E-state index contributed by atoms with van der Waals surface area (Å²) < 4.78 is 18.7. The number of aromatic nitrogens is 4. The lowest BCUT2D eigenvalue weighted by molar-refractivity contribution is 0.174. The number of thiazole rings is 1. The molecule has 34 heavy (non-hydrogen) atoms. The molecule has 0 radical (unpaired) electrons. The van der Waals surface area contributed by atoms with Gasteiger partial charge in [-0.2, -0.15) is 0 Å². The summed E-state index contributed by atoms with van der Waals surface area (Å²) in [7, 11) is 0. The Morgan fingerprint density at radius 1 is 1.15 bits per heavy atom. The summed E-state index contributed by atoms with van der Waals surface area (Å²) in [5.74, 6) is 3.37. The maximum absolute atomic E-state index is 6.20. The van der Waals surface area contributed by atoms with E-state index in [0.717, 1.165) is 32.9 Å². The van der Waals surface area contributed by atoms with Crippen molar-refractivity contribution in [3.63, 3.8) is 0 Å². The van der Waals surface area contributed by atoms with Crippen molar-refractivity contribution >= 4 is 46.3 Å². The van der Waals surface area contributed by atoms with Gasteiger partial charge in [0.05, 0.1) is 10.7 Å². The molecule has 0 bridgehead atoms. The molecule has 2 aromatic carbocycles. The van der Waals surface area contributed by atoms with Gasteiger partial charge in [-0.25, -0.2) is 4.98 Å². The van der Waals surface area contributed by atoms with Crippen LogP contribution in [0.15, 0.2) is 59.6 Å². The third-order valence-electron chi connectivity index (χ3n) is 4.88. The molecule has 7 nitrogen and oxygen atoms in total. The first-order valence-corrected chi connectivity index (χ1v) is 12.8. The van der Waals surface area contributed by atoms with E-state index in [1.54, 1.807) is 47.4 Å². The van der Waals surface area contributed by atoms with Gasteiger partial charge in [-0.05, 0) is 36.4 Å². The first kappa shape index (κ1) is 23.0. The summed E-state index contributed by atoms with van der Waals surface area (Å²) in [6.07, 6.45) is 1.80. The van der Waals surface area contributed by atoms with Crippen molar-refractivity contribution < 1.29 is 14.2 Å². The molecule has 0 saturated carbocycles. The lowest BCUT2D eigenvalue weighted by Crippen LogP contribution is -2.07. The lowest BCUT2D eigenvalue weighted by Gasteiger charge is -2.10. The van der Waals surface area contributed by atoms with Crippen molar-refractivity contribution in [1.29, 1.82) is 0 Å². The van der Waals surface area contributed by atoms with Crippen LogP contribution in [-0.4, -0.2) is 26.5 Å². The minimum absolute atomic E-state index is 0.216. The smallest absolute Gasteiger partial charge is 0.231 e. The number of thioether (sulfide) groups is 1. The Hall–Kier alpha value is -2.72. The number of hydrogen-bond acceptors (Lipinski definition) is 8. The monoisotopic (exact) mass is 532 g/mol. The molecule has 0 saturated heterocycles. The van der Waals surface area contributed by atoms with Gasteiger partial charge in [0.1, 0.15) is 17.4 Å². The highest BCUT2D eigenvalue weighted by atomic mass is 35.5. The lowest BCUT2D eigenvalue weighted by atomic mass is 10.2. The van der Waals surface area contributed by atoms with Crippen LogP contribution in [0, 0.1) is 0 Å². The van der Waals surface area contributed by atoms with Gasteiger partial charge in [-0.1, -0.05) is 41.0 Å². The van der Waals surface area contributed by atoms with Gasteiger partial charge < -0.3 is 14.2 Å². The van der Waals surface area contributed by atoms with E-state index in [0.29, 0.717) is 33.9 Å². The third-order valence-corrected chi connectivity index (χ3v) is 7.35. The summed E-state index contributed by atoms with van der Waals surface area (Å²) in [4.78, 5) is 4.77. The van der Waals surface area contributed by atoms with E-state index in [-0.39, 0.29) is 13.4 Å². The van der Waals surface area contributed by atoms with Crippen molar-refractivity contribution in [2.75, 3.05) is 6.79 Å². The number of hydrogen-bond donors (Lipinski definition) is 0. The molecule has 0 fully saturated rings. The average Bonchev–Trinajstić information content (AvgIpc) is 3.57. The Morgan fingerprint density at radius 2 is 2.03 bits per heavy atom. The van der Waals surface area contributed by atoms with E-state index in [2.05, 4.69) is 16.8 Å². The quantitative estimate of drug-likeness (QED) is 0.180. The zero-order chi connectivity index (χ0) is 23.5. The number of nitrogens with zero attached hydrogens (tertiary/aromatic N) is 4. The largest absolute Gasteiger partial charge is 0.484 e. The molecule has 1 aliphatic heterocycles. The average molecular weight is 533 g/mol. The SMILES string of the molecule is C=CCn1c(COc2ccc(Cl)cc2Cl)nnc1SCc1csc(-c2ccc3c(c2)OCO3)n1. The molecule has 5 rings (SSSR count). The van der Waals surface area contributed by atoms with E-state index >= 15 is 0 Å². The number of rotatable bonds is 9. The second kappa shape index (κ2) is 10.3. The van der Waals surface area contributed by atoms with Crippen molar-refractivity contribution in [3.8, 4) is 27.8 Å². The highest BCUT2D eigenvalue weighted by Crippen LogP contribution is 2.37. The Morgan fingerprint density at radius 3 is 2.88 bits per heavy atom. The molecule has 11 heteroatoms. The Bertz CT molecular complexity index is 1340. The molecule has 3 heterocycles. The summed E-state index contributed by atoms with van der Waals surface area (Å²) in [5, 5.41) is 13.4. The highest BCUT2D eigenvalue weighted by molar-refractivity contribution is 7.98. The van der Waals surface area contributed by atoms with Gasteiger partial charge in [0.15, 0.2) is 22.5 Å². The molecular formula is C23H18Cl2N4O3S2. The molecule has 0 aliphatic carbocycles. The molecule has 0 amide bonds. The van der Waals surface area contributed by atoms with Crippen LogP contribution in [0.5, 0.6) is 17.2 Å². The normalized spacial score (nSPS) is 12.2. The molecule has 1 aliphatic rings. The number of halogens is 2. The molecule has 4 aromatic rings. The summed E-state index contributed by atoms with van der Waals surface area (Å²) in [6, 6.07) is 11.0. The van der Waals surface area contributed by atoms with E-state index in [1.807, 2.05) is 28.1 Å². The Labute approximate surface area is 214 Å². The van der Waals surface area contributed by atoms with Crippen molar-refractivity contribution in [1.82, 2.24) is 19.7 Å². The zero-order valence-electron chi connectivity index (χ0n) is 17.7. The summed E-state index contributed by atoms with van der Waals surface area (Å²) >= 11 is 15.3. The number of fused-ring (bicyclic) bond motifs is 1. The summed E-state index contributed by atoms with van der Waals surface area (Å²) in [5.41, 5.74) is 1.96. The molecular weight excluding hydrogens is 515 g/mol. The van der Waals surface area contributed by atoms with Gasteiger partial charge in [-0.15, -0.1) is 28.1 Å². The van der Waals surface area contributed by atoms with Crippen molar-refractivity contribution in [2.24, 2.45) is 0 Å². The van der Waals surface area contributed by atoms with Gasteiger partial charge >= 0.3 is 0 Å². The molecule has 2 aromatic heterocycles. The van der Waals surface area contributed by atoms with E-state index in [9.17, 15) is 0 Å². The van der Waals surface area contributed by atoms with Crippen LogP contribution >= 0.6 is 46.3 Å². The maximum atomic E-state index is 6.20. The van der Waals surface area contributed by atoms with Gasteiger partial charge in [0, 0.05) is 28.3 Å². The van der Waals surface area contributed by atoms with E-state index < -0.39 is 0 Å². The standard InChI is InChI=1S/C23H18Cl2N4O3S2/c1-2-7-29-21(10-30-18-6-4-15(24)9-17(18)25)27-28-23(29)34-12-16-11-33-22(26-16)14-3-5-19-20(8-14)32-13-31-19/h2-6,8-9,11H,1,7,10,12-13H2. The number of benzene rings is 2. The first-order valence-electron chi connectivity index (χ1n) is 10.2. The van der Waals surface area contributed by atoms with Crippen LogP contribution in [0.4, 0.5) is 0 Å². The fourth-order valence-electron chi connectivity index (χ4n) is 3.25. The molecule has 0 unspecified atom stereocenters. The number of ether oxygens (including phenoxy) is 3. The van der Waals surface area contributed by atoms with Gasteiger partial charge in [-0.3, -0.25) is 4.57 Å². The maximum Gasteiger partial charge on any atom is 0.231 e. The van der Waals surface area contributed by atoms with Crippen LogP contribution < -0.4 is 14.2 Å². The zero-order valence-corrected chi connectivity index (χ0v) is 20.9. The van der Waals surface area contributed by atoms with Crippen LogP contribution in [0.3, 0.4) is 0 Å². The van der Waals surface area contributed by atoms with Crippen molar-refractivity contribution in [3.05, 3.63) is 76.0 Å². The highest BCUT2D eigenvalue weighted by Gasteiger charge is 2.17. The predicted octanol–water partition coefficient (Wildman–Crippen LogP) is 6.49. The summed E-state index contributed by atoms with van der Waals surface area (Å²) in [6.45, 7) is 4.87. The fraction of sp³-hybridized carbons (Fsp3) is 0.174. The van der Waals surface area contributed by atoms with Gasteiger partial charge in [0.25, 0.3) is 0 Å². The minimum Gasteiger partial charge on any atom is -0.484 e. The fourth-order valence-corrected chi connectivity index (χ4v) is 5.50. The van der Waals surface area contributed by atoms with Crippen molar-refractivity contribution in [2.45, 2.75) is 24.1 Å². The van der Waals surface area contributed by atoms with Crippen LogP contribution in [0.1, 0.15) is 11.5 Å². The molecule has 174 valence electrons. The van der Waals surface area contributed by atoms with Crippen LogP contribution in [0.2, 0.25) is 10.0 Å². The van der Waals surface area contributed by atoms with E-state index in [1.165, 1.54) is 0 Å². The number of allylic oxidation sites excluding steroid dienone is 1.